The second-order valence-corrected chi connectivity index (χ2v) is 4.89. The summed E-state index contributed by atoms with van der Waals surface area (Å²) in [7, 11) is 4.67. The van der Waals surface area contributed by atoms with Crippen molar-refractivity contribution >= 4 is 18.2 Å². The topological polar surface area (TPSA) is 69.2 Å². The Morgan fingerprint density at radius 3 is 2.40 bits per heavy atom. The van der Waals surface area contributed by atoms with Crippen LogP contribution in [-0.2, 0) is 0 Å². The standard InChI is InChI=1S/C19H20N2O4/c1-23-16-9-5-4-7-14(16)8-6-12-20-21-19(22)15-10-11-17(24-2)18(13-15)25-3/h4-13H,1-3H3,(H,21,22)/b8-6+,20-12+. The molecule has 6 nitrogen and oxygen atoms in total. The molecule has 2 rings (SSSR count). The van der Waals surface area contributed by atoms with Crippen LogP contribution in [0.15, 0.2) is 53.6 Å². The third-order valence-electron chi connectivity index (χ3n) is 3.39. The Balaban J connectivity index is 1.97. The quantitative estimate of drug-likeness (QED) is 0.621. The van der Waals surface area contributed by atoms with Gasteiger partial charge in [0.2, 0.25) is 0 Å². The molecule has 0 atom stereocenters. The molecular weight excluding hydrogens is 320 g/mol. The van der Waals surface area contributed by atoms with Gasteiger partial charge in [-0.2, -0.15) is 5.10 Å². The highest BCUT2D eigenvalue weighted by molar-refractivity contribution is 5.95. The first kappa shape index (κ1) is 18.1. The van der Waals surface area contributed by atoms with Gasteiger partial charge in [-0.15, -0.1) is 0 Å². The summed E-state index contributed by atoms with van der Waals surface area (Å²) >= 11 is 0. The normalized spacial score (nSPS) is 10.8. The number of benzene rings is 2. The zero-order valence-corrected chi connectivity index (χ0v) is 14.4. The largest absolute Gasteiger partial charge is 0.496 e. The van der Waals surface area contributed by atoms with Gasteiger partial charge in [0.25, 0.3) is 5.91 Å². The summed E-state index contributed by atoms with van der Waals surface area (Å²) in [6.45, 7) is 0. The number of amides is 1. The smallest absolute Gasteiger partial charge is 0.271 e. The first-order chi connectivity index (χ1) is 12.2. The molecule has 0 saturated carbocycles. The average Bonchev–Trinajstić information content (AvgIpc) is 2.67. The molecule has 130 valence electrons. The van der Waals surface area contributed by atoms with Gasteiger partial charge in [0.15, 0.2) is 11.5 Å². The molecule has 0 aliphatic rings. The molecule has 1 N–H and O–H groups in total. The minimum Gasteiger partial charge on any atom is -0.496 e. The molecule has 25 heavy (non-hydrogen) atoms. The van der Waals surface area contributed by atoms with Crippen LogP contribution in [0.5, 0.6) is 17.2 Å². The minimum absolute atomic E-state index is 0.345. The third-order valence-corrected chi connectivity index (χ3v) is 3.39. The highest BCUT2D eigenvalue weighted by atomic mass is 16.5. The highest BCUT2D eigenvalue weighted by Gasteiger charge is 2.09. The van der Waals surface area contributed by atoms with E-state index >= 15 is 0 Å². The van der Waals surface area contributed by atoms with Gasteiger partial charge in [0.05, 0.1) is 21.3 Å². The summed E-state index contributed by atoms with van der Waals surface area (Å²) in [5.41, 5.74) is 3.79. The van der Waals surface area contributed by atoms with Crippen LogP contribution in [0.1, 0.15) is 15.9 Å². The molecule has 0 aromatic heterocycles. The summed E-state index contributed by atoms with van der Waals surface area (Å²) in [5, 5.41) is 3.89. The van der Waals surface area contributed by atoms with Crippen molar-refractivity contribution in [3.05, 3.63) is 59.7 Å². The van der Waals surface area contributed by atoms with Crippen molar-refractivity contribution < 1.29 is 19.0 Å². The van der Waals surface area contributed by atoms with Crippen LogP contribution in [0, 0.1) is 0 Å². The Bertz CT molecular complexity index is 785. The Kier molecular flexibility index (Phi) is 6.59. The first-order valence-electron chi connectivity index (χ1n) is 7.54. The predicted molar refractivity (Wildman–Crippen MR) is 97.5 cm³/mol. The fourth-order valence-electron chi connectivity index (χ4n) is 2.13. The van der Waals surface area contributed by atoms with Crippen LogP contribution in [0.2, 0.25) is 0 Å². The molecule has 0 heterocycles. The van der Waals surface area contributed by atoms with E-state index in [9.17, 15) is 4.79 Å². The predicted octanol–water partition coefficient (Wildman–Crippen LogP) is 3.14. The summed E-state index contributed by atoms with van der Waals surface area (Å²) in [4.78, 5) is 12.1. The second kappa shape index (κ2) is 9.12. The van der Waals surface area contributed by atoms with E-state index in [0.717, 1.165) is 11.3 Å². The zero-order chi connectivity index (χ0) is 18.1. The van der Waals surface area contributed by atoms with E-state index < -0.39 is 0 Å². The van der Waals surface area contributed by atoms with E-state index in [-0.39, 0.29) is 5.91 Å². The number of hydrogen-bond donors (Lipinski definition) is 1. The van der Waals surface area contributed by atoms with Crippen LogP contribution in [0.4, 0.5) is 0 Å². The molecule has 0 bridgehead atoms. The van der Waals surface area contributed by atoms with Crippen LogP contribution in [-0.4, -0.2) is 33.5 Å². The lowest BCUT2D eigenvalue weighted by molar-refractivity contribution is 0.0954. The molecule has 2 aromatic rings. The lowest BCUT2D eigenvalue weighted by atomic mass is 10.2. The van der Waals surface area contributed by atoms with Gasteiger partial charge in [-0.25, -0.2) is 5.43 Å². The van der Waals surface area contributed by atoms with Gasteiger partial charge in [-0.1, -0.05) is 18.2 Å². The fraction of sp³-hybridized carbons (Fsp3) is 0.158. The Morgan fingerprint density at radius 2 is 1.68 bits per heavy atom. The number of nitrogens with zero attached hydrogens (tertiary/aromatic N) is 1. The summed E-state index contributed by atoms with van der Waals surface area (Å²) in [6, 6.07) is 12.5. The molecule has 6 heteroatoms. The van der Waals surface area contributed by atoms with Crippen molar-refractivity contribution in [1.82, 2.24) is 5.43 Å². The summed E-state index contributed by atoms with van der Waals surface area (Å²) in [5.74, 6) is 1.46. The van der Waals surface area contributed by atoms with Crippen molar-refractivity contribution in [1.29, 1.82) is 0 Å². The number of hydrogen-bond acceptors (Lipinski definition) is 5. The molecule has 0 fully saturated rings. The Morgan fingerprint density at radius 1 is 0.960 bits per heavy atom. The summed E-state index contributed by atoms with van der Waals surface area (Å²) in [6.07, 6.45) is 5.04. The molecular formula is C19H20N2O4. The van der Waals surface area contributed by atoms with Crippen LogP contribution in [0.3, 0.4) is 0 Å². The maximum absolute atomic E-state index is 12.1. The SMILES string of the molecule is COc1ccccc1/C=C/C=N/NC(=O)c1ccc(OC)c(OC)c1. The van der Waals surface area contributed by atoms with Gasteiger partial charge >= 0.3 is 0 Å². The molecule has 0 unspecified atom stereocenters. The van der Waals surface area contributed by atoms with E-state index in [4.69, 9.17) is 14.2 Å². The monoisotopic (exact) mass is 340 g/mol. The number of methoxy groups -OCH3 is 3. The first-order valence-corrected chi connectivity index (χ1v) is 7.54. The van der Waals surface area contributed by atoms with Crippen LogP contribution < -0.4 is 19.6 Å². The molecule has 1 amide bonds. The number of ether oxygens (including phenoxy) is 3. The molecule has 0 saturated heterocycles. The van der Waals surface area contributed by atoms with Crippen molar-refractivity contribution in [2.24, 2.45) is 5.10 Å². The van der Waals surface area contributed by atoms with Gasteiger partial charge in [0, 0.05) is 17.3 Å². The molecule has 0 aliphatic heterocycles. The van der Waals surface area contributed by atoms with Crippen LogP contribution >= 0.6 is 0 Å². The fourth-order valence-corrected chi connectivity index (χ4v) is 2.13. The van der Waals surface area contributed by atoms with E-state index in [1.807, 2.05) is 30.3 Å². The Hall–Kier alpha value is -3.28. The van der Waals surface area contributed by atoms with E-state index in [0.29, 0.717) is 17.1 Å². The van der Waals surface area contributed by atoms with E-state index in [1.165, 1.54) is 20.4 Å². The third kappa shape index (κ3) is 4.84. The molecule has 0 aliphatic carbocycles. The van der Waals surface area contributed by atoms with Crippen molar-refractivity contribution in [3.63, 3.8) is 0 Å². The van der Waals surface area contributed by atoms with Gasteiger partial charge in [-0.3, -0.25) is 4.79 Å². The lowest BCUT2D eigenvalue weighted by Crippen LogP contribution is -2.17. The zero-order valence-electron chi connectivity index (χ0n) is 14.4. The second-order valence-electron chi connectivity index (χ2n) is 4.89. The number of nitrogens with one attached hydrogen (secondary N) is 1. The van der Waals surface area contributed by atoms with Crippen molar-refractivity contribution in [2.45, 2.75) is 0 Å². The number of carbonyl (C=O) groups excluding carboxylic acids is 1. The molecule has 0 radical (unpaired) electrons. The van der Waals surface area contributed by atoms with Gasteiger partial charge < -0.3 is 14.2 Å². The van der Waals surface area contributed by atoms with E-state index in [2.05, 4.69) is 10.5 Å². The average molecular weight is 340 g/mol. The number of rotatable bonds is 7. The maximum atomic E-state index is 12.1. The molecule has 2 aromatic carbocycles. The van der Waals surface area contributed by atoms with E-state index in [1.54, 1.807) is 31.4 Å². The van der Waals surface area contributed by atoms with Gasteiger partial charge in [0.1, 0.15) is 5.75 Å². The number of para-hydroxylation sites is 1. The van der Waals surface area contributed by atoms with Crippen molar-refractivity contribution in [2.75, 3.05) is 21.3 Å². The molecule has 0 spiro atoms. The Labute approximate surface area is 146 Å². The minimum atomic E-state index is -0.345. The number of allylic oxidation sites excluding steroid dienone is 1. The summed E-state index contributed by atoms with van der Waals surface area (Å²) < 4.78 is 15.6. The maximum Gasteiger partial charge on any atom is 0.271 e. The number of hydrazone groups is 1. The number of carbonyl (C=O) groups is 1. The van der Waals surface area contributed by atoms with Crippen molar-refractivity contribution in [3.8, 4) is 17.2 Å². The lowest BCUT2D eigenvalue weighted by Gasteiger charge is -2.08. The highest BCUT2D eigenvalue weighted by Crippen LogP contribution is 2.27. The van der Waals surface area contributed by atoms with Gasteiger partial charge in [-0.05, 0) is 36.4 Å². The van der Waals surface area contributed by atoms with Crippen LogP contribution in [0.25, 0.3) is 6.08 Å².